The topological polar surface area (TPSA) is 75.1 Å². The molecule has 2 aliphatic heterocycles. The normalized spacial score (nSPS) is 19.7. The van der Waals surface area contributed by atoms with Gasteiger partial charge in [0.15, 0.2) is 0 Å². The van der Waals surface area contributed by atoms with Gasteiger partial charge in [0.05, 0.1) is 17.9 Å². The Balaban J connectivity index is 1.41. The molecule has 2 aromatic heterocycles. The van der Waals surface area contributed by atoms with Gasteiger partial charge in [0.1, 0.15) is 5.82 Å². The van der Waals surface area contributed by atoms with Crippen LogP contribution in [-0.4, -0.2) is 51.2 Å². The highest BCUT2D eigenvalue weighted by Gasteiger charge is 2.22. The average molecular weight is 419 g/mol. The summed E-state index contributed by atoms with van der Waals surface area (Å²) in [5, 5.41) is 12.9. The predicted molar refractivity (Wildman–Crippen MR) is 123 cm³/mol. The summed E-state index contributed by atoms with van der Waals surface area (Å²) >= 11 is 0. The Kier molecular flexibility index (Phi) is 5.70. The number of hydrogen-bond donors (Lipinski definition) is 2. The number of nitrogens with zero attached hydrogens (tertiary/aromatic N) is 4. The summed E-state index contributed by atoms with van der Waals surface area (Å²) in [7, 11) is 2.03. The first-order valence-electron chi connectivity index (χ1n) is 11.3. The van der Waals surface area contributed by atoms with Gasteiger partial charge in [-0.1, -0.05) is 18.6 Å². The van der Waals surface area contributed by atoms with Gasteiger partial charge in [-0.05, 0) is 68.4 Å². The van der Waals surface area contributed by atoms with Crippen molar-refractivity contribution in [1.29, 1.82) is 0 Å². The molecule has 7 nitrogen and oxygen atoms in total. The molecule has 0 radical (unpaired) electrons. The molecule has 1 atom stereocenters. The number of pyridine rings is 1. The number of carbonyl (C=O) groups is 1. The molecule has 7 heteroatoms. The molecule has 31 heavy (non-hydrogen) atoms. The Morgan fingerprint density at radius 1 is 1.13 bits per heavy atom. The minimum atomic E-state index is -0.114. The van der Waals surface area contributed by atoms with Gasteiger partial charge in [-0.25, -0.2) is 4.98 Å². The third-order valence-corrected chi connectivity index (χ3v) is 6.54. The molecule has 0 saturated carbocycles. The molecule has 1 aromatic carbocycles. The lowest BCUT2D eigenvalue weighted by Crippen LogP contribution is -2.35. The Bertz CT molecular complexity index is 1080. The minimum Gasteiger partial charge on any atom is -0.309 e. The molecule has 2 N–H and O–H groups in total. The van der Waals surface area contributed by atoms with Crippen molar-refractivity contribution < 1.29 is 4.79 Å². The number of aromatic nitrogens is 3. The van der Waals surface area contributed by atoms with E-state index in [1.165, 1.54) is 30.5 Å². The zero-order chi connectivity index (χ0) is 21.2. The molecular weight excluding hydrogens is 388 g/mol. The summed E-state index contributed by atoms with van der Waals surface area (Å²) in [6.07, 6.45) is 9.61. The van der Waals surface area contributed by atoms with Gasteiger partial charge in [-0.3, -0.25) is 14.4 Å². The van der Waals surface area contributed by atoms with Crippen molar-refractivity contribution in [3.8, 4) is 11.1 Å². The second kappa shape index (κ2) is 8.77. The van der Waals surface area contributed by atoms with Gasteiger partial charge in [-0.15, -0.1) is 0 Å². The van der Waals surface area contributed by atoms with Crippen molar-refractivity contribution in [2.75, 3.05) is 25.0 Å². The molecule has 0 aliphatic carbocycles. The van der Waals surface area contributed by atoms with Crippen LogP contribution in [0.1, 0.15) is 37.8 Å². The van der Waals surface area contributed by atoms with Crippen LogP contribution in [0.2, 0.25) is 0 Å². The number of hydrogen-bond acceptors (Lipinski definition) is 5. The van der Waals surface area contributed by atoms with Gasteiger partial charge in [0.2, 0.25) is 5.91 Å². The van der Waals surface area contributed by atoms with Crippen LogP contribution in [0.4, 0.5) is 5.82 Å². The third kappa shape index (κ3) is 4.34. The minimum absolute atomic E-state index is 0.00317. The summed E-state index contributed by atoms with van der Waals surface area (Å²) in [6.45, 7) is 4.15. The maximum absolute atomic E-state index is 12.4. The van der Waals surface area contributed by atoms with E-state index >= 15 is 0 Å². The Hall–Kier alpha value is -2.77. The Labute approximate surface area is 182 Å². The van der Waals surface area contributed by atoms with Crippen LogP contribution in [0.25, 0.3) is 21.9 Å². The first-order valence-corrected chi connectivity index (χ1v) is 11.3. The van der Waals surface area contributed by atoms with Crippen LogP contribution in [0.3, 0.4) is 0 Å². The van der Waals surface area contributed by atoms with E-state index in [1.54, 1.807) is 0 Å². The van der Waals surface area contributed by atoms with E-state index in [0.29, 0.717) is 5.82 Å². The van der Waals surface area contributed by atoms with Crippen molar-refractivity contribution >= 4 is 22.5 Å². The summed E-state index contributed by atoms with van der Waals surface area (Å²) in [4.78, 5) is 19.4. The molecule has 0 spiro atoms. The first-order chi connectivity index (χ1) is 15.2. The SMILES string of the molecule is Cn1ncc(-c2ccc3cnc(NC(=O)C4CCCN4)cc3c2)c1CN1CCCCC1. The zero-order valence-electron chi connectivity index (χ0n) is 18.1. The van der Waals surface area contributed by atoms with Gasteiger partial charge in [0.25, 0.3) is 0 Å². The zero-order valence-corrected chi connectivity index (χ0v) is 18.1. The van der Waals surface area contributed by atoms with Crippen LogP contribution in [0, 0.1) is 0 Å². The molecule has 4 heterocycles. The number of likely N-dealkylation sites (tertiary alicyclic amines) is 1. The lowest BCUT2D eigenvalue weighted by atomic mass is 10.0. The van der Waals surface area contributed by atoms with Crippen molar-refractivity contribution in [1.82, 2.24) is 25.0 Å². The molecular formula is C24H30N6O. The quantitative estimate of drug-likeness (QED) is 0.665. The Morgan fingerprint density at radius 2 is 2.00 bits per heavy atom. The van der Waals surface area contributed by atoms with Gasteiger partial charge >= 0.3 is 0 Å². The number of nitrogens with one attached hydrogen (secondary N) is 2. The van der Waals surface area contributed by atoms with Crippen molar-refractivity contribution in [2.45, 2.75) is 44.7 Å². The predicted octanol–water partition coefficient (Wildman–Crippen LogP) is 3.31. The smallest absolute Gasteiger partial charge is 0.242 e. The van der Waals surface area contributed by atoms with E-state index in [-0.39, 0.29) is 11.9 Å². The number of anilines is 1. The summed E-state index contributed by atoms with van der Waals surface area (Å²) in [6, 6.07) is 8.27. The van der Waals surface area contributed by atoms with Crippen LogP contribution >= 0.6 is 0 Å². The van der Waals surface area contributed by atoms with Gasteiger partial charge in [0, 0.05) is 30.7 Å². The fourth-order valence-electron chi connectivity index (χ4n) is 4.72. The number of carbonyl (C=O) groups excluding carboxylic acids is 1. The maximum atomic E-state index is 12.4. The van der Waals surface area contributed by atoms with E-state index in [4.69, 9.17) is 0 Å². The van der Waals surface area contributed by atoms with Crippen molar-refractivity contribution in [3.63, 3.8) is 0 Å². The monoisotopic (exact) mass is 418 g/mol. The number of piperidine rings is 1. The molecule has 5 rings (SSSR count). The number of rotatable bonds is 5. The highest BCUT2D eigenvalue weighted by Crippen LogP contribution is 2.29. The van der Waals surface area contributed by atoms with Crippen molar-refractivity contribution in [3.05, 3.63) is 42.4 Å². The molecule has 1 amide bonds. The molecule has 0 bridgehead atoms. The molecule has 3 aromatic rings. The molecule has 2 saturated heterocycles. The number of aryl methyl sites for hydroxylation is 1. The van der Waals surface area contributed by atoms with Gasteiger partial charge in [-0.2, -0.15) is 5.10 Å². The number of fused-ring (bicyclic) bond motifs is 1. The molecule has 2 aliphatic rings. The summed E-state index contributed by atoms with van der Waals surface area (Å²) < 4.78 is 2.00. The van der Waals surface area contributed by atoms with E-state index in [1.807, 2.05) is 30.2 Å². The molecule has 2 fully saturated rings. The standard InChI is InChI=1S/C24H30N6O/c1-29-22(16-30-10-3-2-4-11-30)20(15-27-29)17-7-8-18-14-26-23(13-19(18)12-17)28-24(31)21-6-5-9-25-21/h7-8,12-15,21,25H,2-6,9-11,16H2,1H3,(H,26,28,31). The fourth-order valence-corrected chi connectivity index (χ4v) is 4.72. The first kappa shape index (κ1) is 20.2. The van der Waals surface area contributed by atoms with Crippen LogP contribution in [-0.2, 0) is 18.4 Å². The largest absolute Gasteiger partial charge is 0.309 e. The van der Waals surface area contributed by atoms with Crippen LogP contribution in [0.15, 0.2) is 36.7 Å². The lowest BCUT2D eigenvalue weighted by Gasteiger charge is -2.26. The second-order valence-corrected chi connectivity index (χ2v) is 8.74. The molecule has 1 unspecified atom stereocenters. The number of amides is 1. The van der Waals surface area contributed by atoms with E-state index in [0.717, 1.165) is 55.4 Å². The van der Waals surface area contributed by atoms with E-state index in [2.05, 4.69) is 43.8 Å². The van der Waals surface area contributed by atoms with Crippen LogP contribution < -0.4 is 10.6 Å². The average Bonchev–Trinajstić information content (AvgIpc) is 3.45. The summed E-state index contributed by atoms with van der Waals surface area (Å²) in [5.41, 5.74) is 3.57. The highest BCUT2D eigenvalue weighted by atomic mass is 16.2. The van der Waals surface area contributed by atoms with Crippen LogP contribution in [0.5, 0.6) is 0 Å². The maximum Gasteiger partial charge on any atom is 0.242 e. The van der Waals surface area contributed by atoms with Crippen molar-refractivity contribution in [2.24, 2.45) is 7.05 Å². The fraction of sp³-hybridized carbons (Fsp3) is 0.458. The highest BCUT2D eigenvalue weighted by molar-refractivity contribution is 5.96. The number of benzene rings is 1. The second-order valence-electron chi connectivity index (χ2n) is 8.74. The Morgan fingerprint density at radius 3 is 2.81 bits per heavy atom. The van der Waals surface area contributed by atoms with Gasteiger partial charge < -0.3 is 10.6 Å². The lowest BCUT2D eigenvalue weighted by molar-refractivity contribution is -0.117. The van der Waals surface area contributed by atoms with E-state index < -0.39 is 0 Å². The third-order valence-electron chi connectivity index (χ3n) is 6.54. The van der Waals surface area contributed by atoms with E-state index in [9.17, 15) is 4.79 Å². The summed E-state index contributed by atoms with van der Waals surface area (Å²) in [5.74, 6) is 0.597. The molecule has 162 valence electrons.